The van der Waals surface area contributed by atoms with Crippen LogP contribution < -0.4 is 19.1 Å². The first-order valence-electron chi connectivity index (χ1n) is 9.88. The van der Waals surface area contributed by atoms with Crippen molar-refractivity contribution in [3.63, 3.8) is 0 Å². The number of rotatable bonds is 5. The van der Waals surface area contributed by atoms with Gasteiger partial charge in [0.05, 0.1) is 37.4 Å². The zero-order valence-corrected chi connectivity index (χ0v) is 20.9. The van der Waals surface area contributed by atoms with Gasteiger partial charge in [0.15, 0.2) is 11.5 Å². The van der Waals surface area contributed by atoms with Crippen molar-refractivity contribution in [2.24, 2.45) is 0 Å². The van der Waals surface area contributed by atoms with Gasteiger partial charge in [-0.05, 0) is 55.8 Å². The smallest absolute Gasteiger partial charge is 0.251 e. The lowest BCUT2D eigenvalue weighted by atomic mass is 9.87. The second kappa shape index (κ2) is 8.69. The van der Waals surface area contributed by atoms with E-state index in [1.54, 1.807) is 54.2 Å². The van der Waals surface area contributed by atoms with Crippen LogP contribution >= 0.6 is 32.9 Å². The maximum Gasteiger partial charge on any atom is 0.251 e. The molecule has 0 atom stereocenters. The summed E-state index contributed by atoms with van der Waals surface area (Å²) in [5.41, 5.74) is 3.07. The van der Waals surface area contributed by atoms with Crippen molar-refractivity contribution in [2.75, 3.05) is 26.2 Å². The SMILES string of the molecule is COc1ccc2c(c1)-c1c(ssc1=S)C(C)(C)N2C(=O)C=Cc1ccc(OC)c(OC)c1. The van der Waals surface area contributed by atoms with E-state index in [4.69, 9.17) is 26.4 Å². The molecule has 1 aliphatic heterocycles. The minimum absolute atomic E-state index is 0.119. The van der Waals surface area contributed by atoms with E-state index in [0.29, 0.717) is 11.5 Å². The van der Waals surface area contributed by atoms with E-state index in [9.17, 15) is 4.79 Å². The third kappa shape index (κ3) is 3.72. The van der Waals surface area contributed by atoms with E-state index < -0.39 is 5.54 Å². The predicted molar refractivity (Wildman–Crippen MR) is 134 cm³/mol. The van der Waals surface area contributed by atoms with E-state index >= 15 is 0 Å². The van der Waals surface area contributed by atoms with Crippen LogP contribution in [0.2, 0.25) is 0 Å². The molecule has 0 saturated carbocycles. The van der Waals surface area contributed by atoms with Gasteiger partial charge in [0.25, 0.3) is 5.91 Å². The van der Waals surface area contributed by atoms with Gasteiger partial charge in [0.1, 0.15) is 9.57 Å². The molecule has 2 heterocycles. The highest BCUT2D eigenvalue weighted by Gasteiger charge is 2.42. The largest absolute Gasteiger partial charge is 0.497 e. The Morgan fingerprint density at radius 3 is 2.44 bits per heavy atom. The van der Waals surface area contributed by atoms with Gasteiger partial charge in [-0.3, -0.25) is 9.69 Å². The summed E-state index contributed by atoms with van der Waals surface area (Å²) in [6, 6.07) is 11.3. The second-order valence-corrected chi connectivity index (χ2v) is 10.5. The number of hydrogen-bond donors (Lipinski definition) is 0. The number of fused-ring (bicyclic) bond motifs is 3. The molecule has 5 nitrogen and oxygen atoms in total. The fraction of sp³-hybridized carbons (Fsp3) is 0.250. The van der Waals surface area contributed by atoms with Crippen LogP contribution in [-0.4, -0.2) is 27.2 Å². The van der Waals surface area contributed by atoms with E-state index in [1.807, 2.05) is 41.3 Å². The van der Waals surface area contributed by atoms with E-state index in [0.717, 1.165) is 36.8 Å². The van der Waals surface area contributed by atoms with Crippen LogP contribution in [0.5, 0.6) is 17.2 Å². The van der Waals surface area contributed by atoms with Gasteiger partial charge in [0, 0.05) is 17.2 Å². The van der Waals surface area contributed by atoms with Gasteiger partial charge in [-0.1, -0.05) is 39.0 Å². The molecule has 0 unspecified atom stereocenters. The van der Waals surface area contributed by atoms with Crippen LogP contribution in [0, 0.1) is 3.82 Å². The molecule has 3 aromatic rings. The Balaban J connectivity index is 1.77. The number of anilines is 1. The molecule has 1 amide bonds. The molecule has 0 fully saturated rings. The van der Waals surface area contributed by atoms with Crippen LogP contribution in [-0.2, 0) is 10.3 Å². The number of carbonyl (C=O) groups is 1. The minimum Gasteiger partial charge on any atom is -0.497 e. The topological polar surface area (TPSA) is 48.0 Å². The van der Waals surface area contributed by atoms with Crippen molar-refractivity contribution in [2.45, 2.75) is 19.4 Å². The standard InChI is InChI=1S/C24H23NO4S3/c1-24(2)22-21(23(30)32-31-22)16-13-15(27-3)8-9-17(16)25(24)20(26)11-7-14-6-10-18(28-4)19(12-14)29-5/h6-13H,1-5H3. The number of ether oxygens (including phenoxy) is 3. The molecule has 166 valence electrons. The fourth-order valence-electron chi connectivity index (χ4n) is 3.93. The quantitative estimate of drug-likeness (QED) is 0.234. The lowest BCUT2D eigenvalue weighted by Crippen LogP contribution is -2.47. The van der Waals surface area contributed by atoms with Crippen molar-refractivity contribution >= 4 is 50.6 Å². The highest BCUT2D eigenvalue weighted by atomic mass is 32.9. The minimum atomic E-state index is -0.547. The number of carbonyl (C=O) groups excluding carboxylic acids is 1. The predicted octanol–water partition coefficient (Wildman–Crippen LogP) is 6.53. The Kier molecular flexibility index (Phi) is 6.11. The van der Waals surface area contributed by atoms with Crippen LogP contribution in [0.4, 0.5) is 5.69 Å². The monoisotopic (exact) mass is 485 g/mol. The van der Waals surface area contributed by atoms with E-state index in [2.05, 4.69) is 13.8 Å². The molecule has 32 heavy (non-hydrogen) atoms. The van der Waals surface area contributed by atoms with Gasteiger partial charge in [0.2, 0.25) is 0 Å². The third-order valence-electron chi connectivity index (χ3n) is 5.51. The summed E-state index contributed by atoms with van der Waals surface area (Å²) < 4.78 is 16.9. The summed E-state index contributed by atoms with van der Waals surface area (Å²) in [4.78, 5) is 16.4. The zero-order chi connectivity index (χ0) is 23.0. The summed E-state index contributed by atoms with van der Waals surface area (Å²) in [5, 5.41) is 0. The Morgan fingerprint density at radius 2 is 1.75 bits per heavy atom. The Labute approximate surface area is 199 Å². The Morgan fingerprint density at radius 1 is 1.00 bits per heavy atom. The molecular weight excluding hydrogens is 462 g/mol. The molecule has 0 N–H and O–H groups in total. The van der Waals surface area contributed by atoms with Gasteiger partial charge < -0.3 is 14.2 Å². The molecule has 0 spiro atoms. The van der Waals surface area contributed by atoms with Crippen LogP contribution in [0.3, 0.4) is 0 Å². The number of methoxy groups -OCH3 is 3. The molecule has 1 aromatic heterocycles. The van der Waals surface area contributed by atoms with Crippen molar-refractivity contribution in [1.29, 1.82) is 0 Å². The lowest BCUT2D eigenvalue weighted by Gasteiger charge is -2.42. The summed E-state index contributed by atoms with van der Waals surface area (Å²) in [6.45, 7) is 4.11. The van der Waals surface area contributed by atoms with Gasteiger partial charge in [-0.2, -0.15) is 0 Å². The molecule has 4 rings (SSSR count). The maximum absolute atomic E-state index is 13.5. The Hall–Kier alpha value is -2.68. The fourth-order valence-corrected chi connectivity index (χ4v) is 7.21. The number of amides is 1. The van der Waals surface area contributed by atoms with Gasteiger partial charge in [-0.25, -0.2) is 0 Å². The van der Waals surface area contributed by atoms with Gasteiger partial charge in [-0.15, -0.1) is 0 Å². The summed E-state index contributed by atoms with van der Waals surface area (Å²) >= 11 is 5.64. The lowest BCUT2D eigenvalue weighted by molar-refractivity contribution is -0.115. The molecule has 2 aromatic carbocycles. The highest BCUT2D eigenvalue weighted by Crippen LogP contribution is 2.52. The van der Waals surface area contributed by atoms with Crippen LogP contribution in [0.1, 0.15) is 24.3 Å². The zero-order valence-electron chi connectivity index (χ0n) is 18.4. The second-order valence-electron chi connectivity index (χ2n) is 7.72. The van der Waals surface area contributed by atoms with Crippen molar-refractivity contribution < 1.29 is 19.0 Å². The first kappa shape index (κ1) is 22.5. The molecule has 1 aliphatic rings. The summed E-state index contributed by atoms with van der Waals surface area (Å²) in [6.07, 6.45) is 3.38. The average molecular weight is 486 g/mol. The highest BCUT2D eigenvalue weighted by molar-refractivity contribution is 7.80. The third-order valence-corrected chi connectivity index (χ3v) is 8.84. The van der Waals surface area contributed by atoms with E-state index in [1.165, 1.54) is 0 Å². The Bertz CT molecular complexity index is 1270. The molecule has 0 bridgehead atoms. The van der Waals surface area contributed by atoms with Crippen molar-refractivity contribution in [1.82, 2.24) is 0 Å². The normalized spacial score (nSPS) is 14.1. The van der Waals surface area contributed by atoms with Crippen molar-refractivity contribution in [3.05, 3.63) is 56.7 Å². The van der Waals surface area contributed by atoms with E-state index in [-0.39, 0.29) is 5.91 Å². The number of nitrogens with zero attached hydrogens (tertiary/aromatic N) is 1. The molecule has 0 radical (unpaired) electrons. The average Bonchev–Trinajstić information content (AvgIpc) is 3.19. The number of hydrogen-bond acceptors (Lipinski definition) is 7. The molecule has 8 heteroatoms. The summed E-state index contributed by atoms with van der Waals surface area (Å²) in [7, 11) is 8.01. The maximum atomic E-state index is 13.5. The first-order valence-corrected chi connectivity index (χ1v) is 12.4. The van der Waals surface area contributed by atoms with Gasteiger partial charge >= 0.3 is 0 Å². The summed E-state index contributed by atoms with van der Waals surface area (Å²) in [5.74, 6) is 1.86. The first-order chi connectivity index (χ1) is 15.3. The van der Waals surface area contributed by atoms with Crippen LogP contribution in [0.15, 0.2) is 42.5 Å². The molecular formula is C24H23NO4S3. The molecule has 0 saturated heterocycles. The van der Waals surface area contributed by atoms with Crippen molar-refractivity contribution in [3.8, 4) is 28.4 Å². The van der Waals surface area contributed by atoms with Crippen LogP contribution in [0.25, 0.3) is 17.2 Å². The molecule has 0 aliphatic carbocycles. The number of benzene rings is 2.